The monoisotopic (exact) mass is 588 g/mol. The van der Waals surface area contributed by atoms with E-state index in [4.69, 9.17) is 23.7 Å². The highest BCUT2D eigenvalue weighted by atomic mass is 16.7. The fraction of sp³-hybridized carbons (Fsp3) is 0.414. The summed E-state index contributed by atoms with van der Waals surface area (Å²) in [5.41, 5.74) is -2.07. The average Bonchev–Trinajstić information content (AvgIpc) is 2.92. The summed E-state index contributed by atoms with van der Waals surface area (Å²) in [6, 6.07) is 10.1. The Hall–Kier alpha value is -4.01. The van der Waals surface area contributed by atoms with Crippen molar-refractivity contribution in [1.82, 2.24) is 0 Å². The van der Waals surface area contributed by atoms with Crippen molar-refractivity contribution in [3.63, 3.8) is 0 Å². The molecule has 1 fully saturated rings. The number of aliphatic carboxylic acids is 1. The lowest BCUT2D eigenvalue weighted by Crippen LogP contribution is -2.72. The molecule has 3 aromatic rings. The summed E-state index contributed by atoms with van der Waals surface area (Å²) in [5, 5.41) is 62.7. The number of carboxylic acids is 1. The van der Waals surface area contributed by atoms with E-state index in [0.717, 1.165) is 0 Å². The number of benzene rings is 2. The minimum absolute atomic E-state index is 0.0193. The molecule has 1 saturated heterocycles. The predicted octanol–water partition coefficient (Wildman–Crippen LogP) is 1.15. The number of carbonyl (C=O) groups excluding carboxylic acids is 1. The van der Waals surface area contributed by atoms with Gasteiger partial charge in [-0.25, -0.2) is 0 Å². The molecule has 226 valence electrons. The zero-order valence-electron chi connectivity index (χ0n) is 22.7. The third-order valence-electron chi connectivity index (χ3n) is 6.98. The minimum atomic E-state index is -2.60. The highest BCUT2D eigenvalue weighted by Crippen LogP contribution is 2.36. The number of phenolic OH excluding ortho intramolecular Hbond substituents is 1. The van der Waals surface area contributed by atoms with Gasteiger partial charge < -0.3 is 49.3 Å². The lowest BCUT2D eigenvalue weighted by Gasteiger charge is -2.49. The molecule has 13 nitrogen and oxygen atoms in total. The van der Waals surface area contributed by atoms with Crippen molar-refractivity contribution in [1.29, 1.82) is 0 Å². The number of aliphatic hydroxyl groups excluding tert-OH is 3. The van der Waals surface area contributed by atoms with Gasteiger partial charge in [0.2, 0.25) is 6.29 Å². The van der Waals surface area contributed by atoms with Crippen LogP contribution in [-0.4, -0.2) is 85.5 Å². The van der Waals surface area contributed by atoms with E-state index in [9.17, 15) is 39.9 Å². The van der Waals surface area contributed by atoms with Crippen molar-refractivity contribution in [2.24, 2.45) is 5.92 Å². The maximum Gasteiger partial charge on any atom is 0.317 e. The van der Waals surface area contributed by atoms with Crippen LogP contribution in [0.4, 0.5) is 0 Å². The Bertz CT molecular complexity index is 1480. The summed E-state index contributed by atoms with van der Waals surface area (Å²) in [5.74, 6) is -2.68. The Morgan fingerprint density at radius 1 is 1.07 bits per heavy atom. The van der Waals surface area contributed by atoms with Gasteiger partial charge in [-0.15, -0.1) is 0 Å². The molecule has 0 amide bonds. The molecule has 6 N–H and O–H groups in total. The van der Waals surface area contributed by atoms with Crippen LogP contribution in [0.1, 0.15) is 26.7 Å². The summed E-state index contributed by atoms with van der Waals surface area (Å²) in [4.78, 5) is 35.7. The first-order valence-corrected chi connectivity index (χ1v) is 13.1. The zero-order chi connectivity index (χ0) is 30.8. The van der Waals surface area contributed by atoms with Crippen LogP contribution in [0.25, 0.3) is 22.1 Å². The van der Waals surface area contributed by atoms with Crippen LogP contribution in [0.15, 0.2) is 57.9 Å². The van der Waals surface area contributed by atoms with Crippen molar-refractivity contribution < 1.29 is 58.9 Å². The quantitative estimate of drug-likeness (QED) is 0.145. The lowest BCUT2D eigenvalue weighted by atomic mass is 9.77. The van der Waals surface area contributed by atoms with E-state index in [1.54, 1.807) is 26.0 Å². The molecular weight excluding hydrogens is 556 g/mol. The van der Waals surface area contributed by atoms with Gasteiger partial charge in [0.25, 0.3) is 0 Å². The fourth-order valence-corrected chi connectivity index (χ4v) is 4.77. The van der Waals surface area contributed by atoms with Crippen molar-refractivity contribution in [2.75, 3.05) is 6.61 Å². The molecule has 0 bridgehead atoms. The summed E-state index contributed by atoms with van der Waals surface area (Å²) in [6.07, 6.45) is -8.64. The van der Waals surface area contributed by atoms with E-state index in [1.165, 1.54) is 36.6 Å². The molecule has 0 saturated carbocycles. The summed E-state index contributed by atoms with van der Waals surface area (Å²) in [6.45, 7) is 2.78. The second kappa shape index (κ2) is 12.5. The van der Waals surface area contributed by atoms with Crippen LogP contribution in [-0.2, 0) is 19.1 Å². The van der Waals surface area contributed by atoms with E-state index in [1.807, 2.05) is 0 Å². The number of rotatable bonds is 10. The Labute approximate surface area is 239 Å². The number of hydrogen-bond acceptors (Lipinski definition) is 12. The molecule has 2 heterocycles. The summed E-state index contributed by atoms with van der Waals surface area (Å²) in [7, 11) is 0. The van der Waals surface area contributed by atoms with E-state index in [2.05, 4.69) is 0 Å². The molecule has 6 atom stereocenters. The van der Waals surface area contributed by atoms with Gasteiger partial charge in [-0.2, -0.15) is 0 Å². The van der Waals surface area contributed by atoms with Gasteiger partial charge >= 0.3 is 11.9 Å². The molecule has 0 radical (unpaired) electrons. The second-order valence-corrected chi connectivity index (χ2v) is 10.5. The SMILES string of the molecule is CC(C)C[C@H](O)[C@@]1(O)[C@H](O)[C@@H](Oc2ccc3c(=O)c(-c4ccc(O)cc4)coc3c2)O[C@@H](COC(=O)CC(=O)O)[C@@H]1O. The Morgan fingerprint density at radius 2 is 1.76 bits per heavy atom. The first-order chi connectivity index (χ1) is 19.8. The molecule has 13 heteroatoms. The number of ether oxygens (including phenoxy) is 3. The molecule has 42 heavy (non-hydrogen) atoms. The molecule has 0 unspecified atom stereocenters. The van der Waals surface area contributed by atoms with Crippen molar-refractivity contribution in [3.05, 3.63) is 59.0 Å². The Balaban J connectivity index is 1.62. The minimum Gasteiger partial charge on any atom is -0.508 e. The highest BCUT2D eigenvalue weighted by molar-refractivity contribution is 5.90. The largest absolute Gasteiger partial charge is 0.508 e. The average molecular weight is 589 g/mol. The van der Waals surface area contributed by atoms with Gasteiger partial charge in [0.05, 0.1) is 17.1 Å². The number of hydrogen-bond donors (Lipinski definition) is 6. The molecule has 4 rings (SSSR count). The molecule has 0 spiro atoms. The normalized spacial score (nSPS) is 24.8. The maximum absolute atomic E-state index is 13.1. The number of carbonyl (C=O) groups is 2. The van der Waals surface area contributed by atoms with Gasteiger partial charge in [-0.3, -0.25) is 14.4 Å². The third-order valence-corrected chi connectivity index (χ3v) is 6.98. The van der Waals surface area contributed by atoms with Crippen LogP contribution in [0.2, 0.25) is 0 Å². The standard InChI is InChI=1S/C29H32O13/c1-14(2)9-22(31)29(38)26(36)21(13-40-24(34)11-23(32)33)42-28(27(29)37)41-17-7-8-18-20(10-17)39-12-19(25(18)35)15-3-5-16(30)6-4-15/h3-8,10,12,14,21-22,26-28,30-31,36-38H,9,11,13H2,1-2H3,(H,32,33)/t21-,22-,26-,27+,28-,29-/m0/s1. The van der Waals surface area contributed by atoms with Crippen molar-refractivity contribution in [2.45, 2.75) is 63.0 Å². The number of aromatic hydroxyl groups is 1. The summed E-state index contributed by atoms with van der Waals surface area (Å²) >= 11 is 0. The number of carboxylic acid groups (broad SMARTS) is 1. The predicted molar refractivity (Wildman–Crippen MR) is 145 cm³/mol. The van der Waals surface area contributed by atoms with Gasteiger partial charge in [0.1, 0.15) is 54.7 Å². The van der Waals surface area contributed by atoms with E-state index < -0.39 is 61.3 Å². The second-order valence-electron chi connectivity index (χ2n) is 10.5. The van der Waals surface area contributed by atoms with Crippen LogP contribution < -0.4 is 10.2 Å². The van der Waals surface area contributed by atoms with Gasteiger partial charge in [0.15, 0.2) is 11.0 Å². The van der Waals surface area contributed by atoms with Crippen LogP contribution in [0, 0.1) is 5.92 Å². The smallest absolute Gasteiger partial charge is 0.317 e. The number of phenols is 1. The molecule has 0 aliphatic carbocycles. The number of aliphatic hydroxyl groups is 4. The topological polar surface area (TPSA) is 213 Å². The van der Waals surface area contributed by atoms with E-state index in [-0.39, 0.29) is 45.8 Å². The van der Waals surface area contributed by atoms with Gasteiger partial charge in [0, 0.05) is 6.07 Å². The molecule has 2 aromatic carbocycles. The molecule has 1 aromatic heterocycles. The first-order valence-electron chi connectivity index (χ1n) is 13.1. The Morgan fingerprint density at radius 3 is 2.40 bits per heavy atom. The Kier molecular flexibility index (Phi) is 9.18. The summed E-state index contributed by atoms with van der Waals surface area (Å²) < 4.78 is 21.9. The first kappa shape index (κ1) is 30.9. The van der Waals surface area contributed by atoms with Crippen LogP contribution in [0.5, 0.6) is 11.5 Å². The number of fused-ring (bicyclic) bond motifs is 1. The highest BCUT2D eigenvalue weighted by Gasteiger charge is 2.60. The van der Waals surface area contributed by atoms with Crippen LogP contribution in [0.3, 0.4) is 0 Å². The van der Waals surface area contributed by atoms with Crippen LogP contribution >= 0.6 is 0 Å². The van der Waals surface area contributed by atoms with Crippen molar-refractivity contribution in [3.8, 4) is 22.6 Å². The molecular formula is C29H32O13. The zero-order valence-corrected chi connectivity index (χ0v) is 22.7. The molecule has 1 aliphatic heterocycles. The van der Waals surface area contributed by atoms with E-state index in [0.29, 0.717) is 5.56 Å². The van der Waals surface area contributed by atoms with E-state index >= 15 is 0 Å². The maximum atomic E-state index is 13.1. The third kappa shape index (κ3) is 6.40. The fourth-order valence-electron chi connectivity index (χ4n) is 4.77. The van der Waals surface area contributed by atoms with Crippen molar-refractivity contribution >= 4 is 22.9 Å². The van der Waals surface area contributed by atoms with Gasteiger partial charge in [-0.05, 0) is 42.2 Å². The van der Waals surface area contributed by atoms with Gasteiger partial charge in [-0.1, -0.05) is 26.0 Å². The number of esters is 1. The lowest BCUT2D eigenvalue weighted by molar-refractivity contribution is -0.334. The molecule has 1 aliphatic rings.